The normalized spacial score (nSPS) is 11.5. The van der Waals surface area contributed by atoms with E-state index in [0.29, 0.717) is 17.1 Å². The van der Waals surface area contributed by atoms with Gasteiger partial charge in [0.05, 0.1) is 18.4 Å². The Morgan fingerprint density at radius 2 is 1.70 bits per heavy atom. The van der Waals surface area contributed by atoms with Gasteiger partial charge >= 0.3 is 5.97 Å². The van der Waals surface area contributed by atoms with Gasteiger partial charge in [-0.15, -0.1) is 0 Å². The van der Waals surface area contributed by atoms with Crippen LogP contribution in [0.4, 0.5) is 17.3 Å². The van der Waals surface area contributed by atoms with Crippen LogP contribution in [0.25, 0.3) is 11.2 Å². The van der Waals surface area contributed by atoms with Crippen molar-refractivity contribution in [2.45, 2.75) is 32.0 Å². The number of aromatic amines is 1. The van der Waals surface area contributed by atoms with Gasteiger partial charge in [-0.3, -0.25) is 19.4 Å². The van der Waals surface area contributed by atoms with E-state index in [-0.39, 0.29) is 54.5 Å². The predicted molar refractivity (Wildman–Crippen MR) is 147 cm³/mol. The van der Waals surface area contributed by atoms with E-state index in [1.54, 1.807) is 36.4 Å². The van der Waals surface area contributed by atoms with Crippen LogP contribution in [0.3, 0.4) is 0 Å². The summed E-state index contributed by atoms with van der Waals surface area (Å²) in [7, 11) is 0. The Balaban J connectivity index is 1.27. The lowest BCUT2D eigenvalue weighted by molar-refractivity contribution is -0.139. The van der Waals surface area contributed by atoms with Gasteiger partial charge in [-0.05, 0) is 48.4 Å². The first kappa shape index (κ1) is 27.5. The number of carboxylic acids is 1. The standard InChI is InChI=1S/C26H27N9O5/c27-16-5-1-14(2-6-16)11-30-20(36)10-9-19(25(39)40)33-23(37)15-3-7-17(8-4-15)29-12-18-13-31-22-21(32-18)24(38)35-26(28)34-22/h1-8,13,19,29H,9-12,27H2,(H,30,36)(H,33,37)(H,39,40)(H3,28,31,34,35,38). The largest absolute Gasteiger partial charge is 0.480 e. The molecule has 0 fully saturated rings. The molecule has 2 aromatic carbocycles. The zero-order valence-corrected chi connectivity index (χ0v) is 21.2. The summed E-state index contributed by atoms with van der Waals surface area (Å²) >= 11 is 0. The average Bonchev–Trinajstić information content (AvgIpc) is 2.94. The van der Waals surface area contributed by atoms with Crippen molar-refractivity contribution >= 4 is 46.3 Å². The average molecular weight is 546 g/mol. The molecule has 2 heterocycles. The van der Waals surface area contributed by atoms with Crippen LogP contribution in [0, 0.1) is 0 Å². The Labute approximate surface area is 227 Å². The van der Waals surface area contributed by atoms with Gasteiger partial charge in [-0.25, -0.2) is 14.8 Å². The minimum Gasteiger partial charge on any atom is -0.480 e. The number of amides is 2. The number of hydrogen-bond acceptors (Lipinski definition) is 10. The molecule has 0 aliphatic carbocycles. The molecule has 0 radical (unpaired) electrons. The van der Waals surface area contributed by atoms with E-state index in [1.807, 2.05) is 0 Å². The summed E-state index contributed by atoms with van der Waals surface area (Å²) in [6.45, 7) is 0.515. The van der Waals surface area contributed by atoms with Gasteiger partial charge in [0.15, 0.2) is 11.2 Å². The minimum atomic E-state index is -1.24. The van der Waals surface area contributed by atoms with Crippen molar-refractivity contribution in [2.24, 2.45) is 0 Å². The number of carbonyl (C=O) groups is 3. The maximum absolute atomic E-state index is 12.6. The van der Waals surface area contributed by atoms with Crippen LogP contribution in [0.5, 0.6) is 0 Å². The first-order valence-electron chi connectivity index (χ1n) is 12.2. The molecule has 206 valence electrons. The number of benzene rings is 2. The molecule has 4 rings (SSSR count). The summed E-state index contributed by atoms with van der Waals surface area (Å²) in [6, 6.07) is 12.1. The Bertz CT molecular complexity index is 1590. The van der Waals surface area contributed by atoms with Crippen molar-refractivity contribution in [3.05, 3.63) is 81.9 Å². The Morgan fingerprint density at radius 1 is 0.975 bits per heavy atom. The Morgan fingerprint density at radius 3 is 2.40 bits per heavy atom. The molecule has 1 atom stereocenters. The number of nitrogen functional groups attached to an aromatic ring is 2. The maximum atomic E-state index is 12.6. The van der Waals surface area contributed by atoms with E-state index in [1.165, 1.54) is 18.3 Å². The number of fused-ring (bicyclic) bond motifs is 1. The van der Waals surface area contributed by atoms with E-state index in [4.69, 9.17) is 11.5 Å². The Hall–Kier alpha value is -5.53. The number of nitrogens with zero attached hydrogens (tertiary/aromatic N) is 3. The molecule has 4 aromatic rings. The van der Waals surface area contributed by atoms with Gasteiger partial charge in [0.2, 0.25) is 11.9 Å². The number of aliphatic carboxylic acids is 1. The highest BCUT2D eigenvalue weighted by Gasteiger charge is 2.21. The fourth-order valence-electron chi connectivity index (χ4n) is 3.69. The number of rotatable bonds is 11. The smallest absolute Gasteiger partial charge is 0.326 e. The molecule has 14 heteroatoms. The second kappa shape index (κ2) is 12.3. The van der Waals surface area contributed by atoms with Crippen LogP contribution in [0.15, 0.2) is 59.5 Å². The van der Waals surface area contributed by atoms with E-state index in [2.05, 4.69) is 35.9 Å². The third kappa shape index (κ3) is 7.28. The van der Waals surface area contributed by atoms with E-state index in [9.17, 15) is 24.3 Å². The van der Waals surface area contributed by atoms with Crippen molar-refractivity contribution in [2.75, 3.05) is 16.8 Å². The molecule has 1 unspecified atom stereocenters. The number of carbonyl (C=O) groups excluding carboxylic acids is 2. The number of aromatic nitrogens is 4. The second-order valence-electron chi connectivity index (χ2n) is 8.84. The van der Waals surface area contributed by atoms with Crippen molar-refractivity contribution in [1.82, 2.24) is 30.6 Å². The quantitative estimate of drug-likeness (QED) is 0.130. The number of carboxylic acid groups (broad SMARTS) is 1. The summed E-state index contributed by atoms with van der Waals surface area (Å²) in [5, 5.41) is 17.8. The maximum Gasteiger partial charge on any atom is 0.326 e. The number of nitrogens with one attached hydrogen (secondary N) is 4. The molecule has 40 heavy (non-hydrogen) atoms. The van der Waals surface area contributed by atoms with E-state index >= 15 is 0 Å². The first-order valence-corrected chi connectivity index (χ1v) is 12.2. The van der Waals surface area contributed by atoms with Crippen LogP contribution in [-0.4, -0.2) is 48.9 Å². The number of hydrogen-bond donors (Lipinski definition) is 7. The van der Waals surface area contributed by atoms with Crippen LogP contribution >= 0.6 is 0 Å². The molecular formula is C26H27N9O5. The van der Waals surface area contributed by atoms with Crippen molar-refractivity contribution in [1.29, 1.82) is 0 Å². The van der Waals surface area contributed by atoms with Gasteiger partial charge in [-0.2, -0.15) is 4.98 Å². The monoisotopic (exact) mass is 545 g/mol. The molecule has 0 saturated heterocycles. The third-order valence-corrected chi connectivity index (χ3v) is 5.84. The van der Waals surface area contributed by atoms with Crippen LogP contribution in [0.2, 0.25) is 0 Å². The fraction of sp³-hybridized carbons (Fsp3) is 0.192. The van der Waals surface area contributed by atoms with Crippen LogP contribution < -0.4 is 33.0 Å². The molecule has 14 nitrogen and oxygen atoms in total. The molecule has 0 aliphatic rings. The molecule has 2 amide bonds. The minimum absolute atomic E-state index is 0.0487. The van der Waals surface area contributed by atoms with Gasteiger partial charge in [0.1, 0.15) is 6.04 Å². The van der Waals surface area contributed by atoms with Crippen LogP contribution in [-0.2, 0) is 22.7 Å². The summed E-state index contributed by atoms with van der Waals surface area (Å²) in [5.41, 5.74) is 13.7. The predicted octanol–water partition coefficient (Wildman–Crippen LogP) is 0.769. The highest BCUT2D eigenvalue weighted by atomic mass is 16.4. The molecule has 0 aliphatic heterocycles. The number of anilines is 3. The van der Waals surface area contributed by atoms with Crippen molar-refractivity contribution < 1.29 is 19.5 Å². The molecule has 9 N–H and O–H groups in total. The highest BCUT2D eigenvalue weighted by molar-refractivity contribution is 5.97. The van der Waals surface area contributed by atoms with Gasteiger partial charge in [0, 0.05) is 29.9 Å². The second-order valence-corrected chi connectivity index (χ2v) is 8.84. The molecule has 0 bridgehead atoms. The SMILES string of the molecule is Nc1ccc(CNC(=O)CCC(NC(=O)c2ccc(NCc3cnc4nc(N)[nH]c(=O)c4n3)cc2)C(=O)O)cc1. The topological polar surface area (TPSA) is 231 Å². The summed E-state index contributed by atoms with van der Waals surface area (Å²) < 4.78 is 0. The Kier molecular flexibility index (Phi) is 8.49. The lowest BCUT2D eigenvalue weighted by atomic mass is 10.1. The van der Waals surface area contributed by atoms with Crippen LogP contribution in [0.1, 0.15) is 34.5 Å². The zero-order chi connectivity index (χ0) is 28.6. The first-order chi connectivity index (χ1) is 19.2. The molecular weight excluding hydrogens is 518 g/mol. The van der Waals surface area contributed by atoms with Gasteiger partial charge in [-0.1, -0.05) is 12.1 Å². The molecule has 0 saturated carbocycles. The van der Waals surface area contributed by atoms with E-state index in [0.717, 1.165) is 5.56 Å². The lowest BCUT2D eigenvalue weighted by Gasteiger charge is -2.15. The van der Waals surface area contributed by atoms with Crippen molar-refractivity contribution in [3.63, 3.8) is 0 Å². The third-order valence-electron chi connectivity index (χ3n) is 5.84. The van der Waals surface area contributed by atoms with Gasteiger partial charge < -0.3 is 32.5 Å². The summed E-state index contributed by atoms with van der Waals surface area (Å²) in [6.07, 6.45) is 1.31. The summed E-state index contributed by atoms with van der Waals surface area (Å²) in [4.78, 5) is 63.2. The zero-order valence-electron chi connectivity index (χ0n) is 21.2. The molecule has 2 aromatic heterocycles. The van der Waals surface area contributed by atoms with Gasteiger partial charge in [0.25, 0.3) is 11.5 Å². The lowest BCUT2D eigenvalue weighted by Crippen LogP contribution is -2.41. The fourth-order valence-corrected chi connectivity index (χ4v) is 3.69. The summed E-state index contributed by atoms with van der Waals surface area (Å²) in [5.74, 6) is -2.22. The number of H-pyrrole nitrogens is 1. The highest BCUT2D eigenvalue weighted by Crippen LogP contribution is 2.12. The van der Waals surface area contributed by atoms with Crippen molar-refractivity contribution in [3.8, 4) is 0 Å². The number of nitrogens with two attached hydrogens (primary N) is 2. The molecule has 0 spiro atoms. The van der Waals surface area contributed by atoms with E-state index < -0.39 is 23.5 Å².